The Balaban J connectivity index is 1.67. The second-order valence-electron chi connectivity index (χ2n) is 6.58. The van der Waals surface area contributed by atoms with E-state index in [1.54, 1.807) is 29.2 Å². The number of rotatable bonds is 5. The van der Waals surface area contributed by atoms with E-state index in [4.69, 9.17) is 0 Å². The number of carbonyl (C=O) groups is 2. The monoisotopic (exact) mass is 371 g/mol. The van der Waals surface area contributed by atoms with Crippen LogP contribution in [0.4, 0.5) is 0 Å². The number of aromatic amines is 1. The van der Waals surface area contributed by atoms with Crippen molar-refractivity contribution >= 4 is 22.6 Å². The minimum Gasteiger partial charge on any atom is -0.342 e. The van der Waals surface area contributed by atoms with Gasteiger partial charge in [0, 0.05) is 44.7 Å². The molecular weight excluding hydrogens is 346 g/mol. The molecule has 0 saturated carbocycles. The summed E-state index contributed by atoms with van der Waals surface area (Å²) in [5.41, 5.74) is -0.0419. The Morgan fingerprint density at radius 3 is 2.33 bits per heavy atom. The smallest absolute Gasteiger partial charge is 0.275 e. The Kier molecular flexibility index (Phi) is 5.85. The molecule has 0 bridgehead atoms. The van der Waals surface area contributed by atoms with Crippen LogP contribution < -0.4 is 5.56 Å². The number of nitrogens with zero attached hydrogens (tertiary/aromatic N) is 4. The van der Waals surface area contributed by atoms with Gasteiger partial charge in [0.2, 0.25) is 5.91 Å². The van der Waals surface area contributed by atoms with Crippen LogP contribution in [0.2, 0.25) is 0 Å². The van der Waals surface area contributed by atoms with Crippen LogP contribution >= 0.6 is 0 Å². The molecule has 1 saturated heterocycles. The van der Waals surface area contributed by atoms with E-state index in [0.717, 1.165) is 0 Å². The molecule has 2 aromatic rings. The predicted molar refractivity (Wildman–Crippen MR) is 103 cm³/mol. The van der Waals surface area contributed by atoms with Crippen LogP contribution in [0.1, 0.15) is 24.3 Å². The molecule has 0 atom stereocenters. The van der Waals surface area contributed by atoms with Gasteiger partial charge < -0.3 is 9.80 Å². The van der Waals surface area contributed by atoms with Crippen LogP contribution in [0.25, 0.3) is 10.8 Å². The van der Waals surface area contributed by atoms with Gasteiger partial charge in [-0.15, -0.1) is 0 Å². The minimum absolute atomic E-state index is 0.119. The van der Waals surface area contributed by atoms with Crippen molar-refractivity contribution < 1.29 is 9.59 Å². The molecule has 0 radical (unpaired) electrons. The molecule has 0 aliphatic carbocycles. The van der Waals surface area contributed by atoms with E-state index in [9.17, 15) is 14.4 Å². The molecule has 3 rings (SSSR count). The number of likely N-dealkylation sites (N-methyl/N-ethyl adjacent to an activating group) is 1. The van der Waals surface area contributed by atoms with Gasteiger partial charge in [0.05, 0.1) is 11.9 Å². The summed E-state index contributed by atoms with van der Waals surface area (Å²) in [4.78, 5) is 42.7. The number of piperazine rings is 1. The van der Waals surface area contributed by atoms with E-state index in [1.807, 2.05) is 18.7 Å². The van der Waals surface area contributed by atoms with E-state index in [0.29, 0.717) is 56.6 Å². The van der Waals surface area contributed by atoms with Crippen molar-refractivity contribution in [2.45, 2.75) is 13.8 Å². The normalized spacial score (nSPS) is 15.1. The summed E-state index contributed by atoms with van der Waals surface area (Å²) in [5.74, 6) is -0.0785. The van der Waals surface area contributed by atoms with Gasteiger partial charge in [-0.25, -0.2) is 5.10 Å². The Morgan fingerprint density at radius 1 is 1.07 bits per heavy atom. The van der Waals surface area contributed by atoms with Crippen LogP contribution in [0.5, 0.6) is 0 Å². The third-order valence-electron chi connectivity index (χ3n) is 5.03. The molecule has 144 valence electrons. The maximum atomic E-state index is 12.9. The van der Waals surface area contributed by atoms with Gasteiger partial charge in [0.15, 0.2) is 5.69 Å². The molecule has 0 spiro atoms. The molecule has 1 N–H and O–H groups in total. The van der Waals surface area contributed by atoms with Gasteiger partial charge in [-0.2, -0.15) is 5.10 Å². The second kappa shape index (κ2) is 8.30. The first-order valence-electron chi connectivity index (χ1n) is 9.32. The van der Waals surface area contributed by atoms with E-state index >= 15 is 0 Å². The highest BCUT2D eigenvalue weighted by Crippen LogP contribution is 2.15. The maximum Gasteiger partial charge on any atom is 0.275 e. The highest BCUT2D eigenvalue weighted by Gasteiger charge is 2.26. The van der Waals surface area contributed by atoms with Gasteiger partial charge in [-0.1, -0.05) is 18.2 Å². The lowest BCUT2D eigenvalue weighted by Crippen LogP contribution is -2.51. The summed E-state index contributed by atoms with van der Waals surface area (Å²) in [7, 11) is 0. The minimum atomic E-state index is -0.304. The van der Waals surface area contributed by atoms with Crippen molar-refractivity contribution in [1.82, 2.24) is 24.9 Å². The zero-order valence-electron chi connectivity index (χ0n) is 15.8. The topological polar surface area (TPSA) is 89.6 Å². The average Bonchev–Trinajstić information content (AvgIpc) is 2.69. The molecule has 1 aromatic heterocycles. The molecule has 27 heavy (non-hydrogen) atoms. The first kappa shape index (κ1) is 19.0. The Bertz CT molecular complexity index is 882. The summed E-state index contributed by atoms with van der Waals surface area (Å²) in [6.45, 7) is 8.07. The second-order valence-corrected chi connectivity index (χ2v) is 6.58. The number of carbonyl (C=O) groups excluding carboxylic acids is 2. The maximum absolute atomic E-state index is 12.9. The molecule has 0 unspecified atom stereocenters. The zero-order chi connectivity index (χ0) is 19.4. The SMILES string of the molecule is CCN(CC)C(=O)CN1CCN(C(=O)c2n[nH]c(=O)c3ccccc23)CC1. The Hall–Kier alpha value is -2.74. The average molecular weight is 371 g/mol. The van der Waals surface area contributed by atoms with Crippen molar-refractivity contribution in [3.63, 3.8) is 0 Å². The van der Waals surface area contributed by atoms with Crippen molar-refractivity contribution in [2.75, 3.05) is 45.8 Å². The number of hydrogen-bond donors (Lipinski definition) is 1. The third kappa shape index (κ3) is 4.00. The van der Waals surface area contributed by atoms with Crippen LogP contribution in [0.15, 0.2) is 29.1 Å². The lowest BCUT2D eigenvalue weighted by Gasteiger charge is -2.35. The van der Waals surface area contributed by atoms with Crippen molar-refractivity contribution in [3.05, 3.63) is 40.3 Å². The quantitative estimate of drug-likeness (QED) is 0.829. The van der Waals surface area contributed by atoms with Gasteiger partial charge in [-0.3, -0.25) is 19.3 Å². The predicted octanol–water partition coefficient (Wildman–Crippen LogP) is 0.549. The summed E-state index contributed by atoms with van der Waals surface area (Å²) < 4.78 is 0. The summed E-state index contributed by atoms with van der Waals surface area (Å²) >= 11 is 0. The highest BCUT2D eigenvalue weighted by molar-refractivity contribution is 6.04. The summed E-state index contributed by atoms with van der Waals surface area (Å²) in [6.07, 6.45) is 0. The number of benzene rings is 1. The fraction of sp³-hybridized carbons (Fsp3) is 0.474. The van der Waals surface area contributed by atoms with Gasteiger partial charge in [0.25, 0.3) is 11.5 Å². The van der Waals surface area contributed by atoms with Gasteiger partial charge >= 0.3 is 0 Å². The van der Waals surface area contributed by atoms with Crippen molar-refractivity contribution in [2.24, 2.45) is 0 Å². The fourth-order valence-electron chi connectivity index (χ4n) is 3.40. The largest absolute Gasteiger partial charge is 0.342 e. The highest BCUT2D eigenvalue weighted by atomic mass is 16.2. The van der Waals surface area contributed by atoms with Crippen molar-refractivity contribution in [3.8, 4) is 0 Å². The van der Waals surface area contributed by atoms with Gasteiger partial charge in [-0.05, 0) is 19.9 Å². The molecule has 1 aromatic carbocycles. The molecule has 2 heterocycles. The molecule has 8 nitrogen and oxygen atoms in total. The Labute approximate surface area is 157 Å². The molecule has 1 fully saturated rings. The van der Waals surface area contributed by atoms with Crippen molar-refractivity contribution in [1.29, 1.82) is 0 Å². The number of nitrogens with one attached hydrogen (secondary N) is 1. The number of amides is 2. The number of aromatic nitrogens is 2. The van der Waals surface area contributed by atoms with Crippen LogP contribution in [0.3, 0.4) is 0 Å². The van der Waals surface area contributed by atoms with E-state index in [2.05, 4.69) is 15.1 Å². The number of hydrogen-bond acceptors (Lipinski definition) is 5. The van der Waals surface area contributed by atoms with Crippen LogP contribution in [-0.2, 0) is 4.79 Å². The van der Waals surface area contributed by atoms with E-state index < -0.39 is 0 Å². The zero-order valence-corrected chi connectivity index (χ0v) is 15.8. The first-order chi connectivity index (χ1) is 13.0. The number of H-pyrrole nitrogens is 1. The molecule has 1 aliphatic rings. The Morgan fingerprint density at radius 2 is 1.70 bits per heavy atom. The third-order valence-corrected chi connectivity index (χ3v) is 5.03. The first-order valence-corrected chi connectivity index (χ1v) is 9.32. The lowest BCUT2D eigenvalue weighted by atomic mass is 10.1. The van der Waals surface area contributed by atoms with E-state index in [-0.39, 0.29) is 23.1 Å². The molecule has 2 amide bonds. The lowest BCUT2D eigenvalue weighted by molar-refractivity contribution is -0.132. The fourth-order valence-corrected chi connectivity index (χ4v) is 3.40. The van der Waals surface area contributed by atoms with Crippen LogP contribution in [0, 0.1) is 0 Å². The molecular formula is C19H25N5O3. The summed E-state index contributed by atoms with van der Waals surface area (Å²) in [5, 5.41) is 7.42. The van der Waals surface area contributed by atoms with E-state index in [1.165, 1.54) is 0 Å². The van der Waals surface area contributed by atoms with Crippen LogP contribution in [-0.4, -0.2) is 82.5 Å². The number of fused-ring (bicyclic) bond motifs is 1. The standard InChI is InChI=1S/C19H25N5O3/c1-3-23(4-2)16(25)13-22-9-11-24(12-10-22)19(27)17-14-7-5-6-8-15(14)18(26)21-20-17/h5-8H,3-4,9-13H2,1-2H3,(H,21,26). The molecule has 1 aliphatic heterocycles. The van der Waals surface area contributed by atoms with Gasteiger partial charge in [0.1, 0.15) is 0 Å². The molecule has 8 heteroatoms. The summed E-state index contributed by atoms with van der Waals surface area (Å²) in [6, 6.07) is 6.97.